The van der Waals surface area contributed by atoms with Gasteiger partial charge in [0.05, 0.1) is 5.76 Å². The molecule has 0 aromatic heterocycles. The monoisotopic (exact) mass is 630 g/mol. The fraction of sp³-hybridized carbons (Fsp3) is 0.0698. The lowest BCUT2D eigenvalue weighted by Gasteiger charge is -2.43. The van der Waals surface area contributed by atoms with Crippen LogP contribution in [0.2, 0.25) is 0 Å². The number of nitrogens with zero attached hydrogens (tertiary/aromatic N) is 2. The Balaban J connectivity index is 1.18. The third kappa shape index (κ3) is 4.07. The molecule has 0 bridgehead atoms. The maximum absolute atomic E-state index is 6.93. The molecule has 0 saturated carbocycles. The molecule has 0 radical (unpaired) electrons. The van der Waals surface area contributed by atoms with Crippen molar-refractivity contribution in [1.29, 1.82) is 0 Å². The van der Waals surface area contributed by atoms with Crippen LogP contribution < -0.4 is 46.6 Å². The summed E-state index contributed by atoms with van der Waals surface area (Å²) >= 11 is 0. The number of allylic oxidation sites excluding steroid dienone is 3. The van der Waals surface area contributed by atoms with E-state index in [-0.39, 0.29) is 13.4 Å². The molecule has 4 aliphatic rings. The summed E-state index contributed by atoms with van der Waals surface area (Å²) in [5.41, 5.74) is 14.2. The second-order valence-corrected chi connectivity index (χ2v) is 13.1. The lowest BCUT2D eigenvalue weighted by Crippen LogP contribution is -2.60. The molecular weight excluding hydrogens is 598 g/mol. The van der Waals surface area contributed by atoms with E-state index in [0.29, 0.717) is 0 Å². The van der Waals surface area contributed by atoms with E-state index in [2.05, 4.69) is 169 Å². The van der Waals surface area contributed by atoms with E-state index < -0.39 is 0 Å². The third-order valence-corrected chi connectivity index (χ3v) is 10.4. The van der Waals surface area contributed by atoms with Crippen LogP contribution in [0.1, 0.15) is 20.3 Å². The van der Waals surface area contributed by atoms with Crippen molar-refractivity contribution in [1.82, 2.24) is 0 Å². The van der Waals surface area contributed by atoms with Crippen molar-refractivity contribution in [2.75, 3.05) is 9.80 Å². The number of anilines is 5. The van der Waals surface area contributed by atoms with Gasteiger partial charge < -0.3 is 19.3 Å². The molecule has 232 valence electrons. The van der Waals surface area contributed by atoms with Crippen molar-refractivity contribution in [3.8, 4) is 17.2 Å². The smallest absolute Gasteiger partial charge is 0.256 e. The molecule has 6 aromatic carbocycles. The van der Waals surface area contributed by atoms with Gasteiger partial charge in [-0.2, -0.15) is 0 Å². The summed E-state index contributed by atoms with van der Waals surface area (Å²) in [7, 11) is 0. The van der Waals surface area contributed by atoms with Crippen LogP contribution in [0.25, 0.3) is 0 Å². The first kappa shape index (κ1) is 28.2. The SMILES string of the molecule is CC/C=C1\C2=C(C)Oc3cc4c(cc3B2c2ccccc2N1c1ccccc1)Oc1cccc2c1B4c1ccccc1N2c1ccccc1. The van der Waals surface area contributed by atoms with E-state index in [1.807, 2.05) is 0 Å². The lowest BCUT2D eigenvalue weighted by molar-refractivity contribution is 0.423. The maximum atomic E-state index is 6.93. The zero-order valence-corrected chi connectivity index (χ0v) is 27.4. The van der Waals surface area contributed by atoms with Crippen molar-refractivity contribution < 1.29 is 9.47 Å². The summed E-state index contributed by atoms with van der Waals surface area (Å²) < 4.78 is 13.8. The Morgan fingerprint density at radius 3 is 1.78 bits per heavy atom. The van der Waals surface area contributed by atoms with Gasteiger partial charge in [-0.05, 0) is 107 Å². The van der Waals surface area contributed by atoms with E-state index in [9.17, 15) is 0 Å². The molecule has 0 atom stereocenters. The molecule has 0 saturated heterocycles. The average Bonchev–Trinajstić information content (AvgIpc) is 3.15. The zero-order valence-electron chi connectivity index (χ0n) is 27.4. The van der Waals surface area contributed by atoms with Crippen molar-refractivity contribution in [3.63, 3.8) is 0 Å². The number of benzene rings is 6. The van der Waals surface area contributed by atoms with E-state index >= 15 is 0 Å². The Hall–Kier alpha value is -5.87. The van der Waals surface area contributed by atoms with Gasteiger partial charge in [-0.3, -0.25) is 0 Å². The number of fused-ring (bicyclic) bond motifs is 9. The Kier molecular flexibility index (Phi) is 6.22. The summed E-state index contributed by atoms with van der Waals surface area (Å²) in [6.45, 7) is 4.35. The molecule has 0 fully saturated rings. The second kappa shape index (κ2) is 10.8. The molecule has 4 nitrogen and oxygen atoms in total. The highest BCUT2D eigenvalue weighted by Gasteiger charge is 2.46. The second-order valence-electron chi connectivity index (χ2n) is 13.1. The van der Waals surface area contributed by atoms with Gasteiger partial charge >= 0.3 is 0 Å². The average molecular weight is 630 g/mol. The molecule has 0 amide bonds. The first-order valence-electron chi connectivity index (χ1n) is 17.2. The summed E-state index contributed by atoms with van der Waals surface area (Å²) in [6, 6.07) is 49.9. The van der Waals surface area contributed by atoms with Crippen LogP contribution in [0.5, 0.6) is 17.2 Å². The third-order valence-electron chi connectivity index (χ3n) is 10.4. The van der Waals surface area contributed by atoms with Gasteiger partial charge in [-0.1, -0.05) is 91.9 Å². The summed E-state index contributed by atoms with van der Waals surface area (Å²) in [6.07, 6.45) is 3.25. The van der Waals surface area contributed by atoms with Crippen LogP contribution in [0, 0.1) is 0 Å². The minimum atomic E-state index is 0.00607. The highest BCUT2D eigenvalue weighted by Crippen LogP contribution is 2.44. The molecule has 4 heterocycles. The van der Waals surface area contributed by atoms with Crippen LogP contribution in [0.15, 0.2) is 163 Å². The molecule has 0 unspecified atom stereocenters. The fourth-order valence-electron chi connectivity index (χ4n) is 8.51. The van der Waals surface area contributed by atoms with Gasteiger partial charge in [0.1, 0.15) is 17.2 Å². The standard InChI is InChI=1S/C43H32B2N2O2/c1-3-15-37-42-28(2)48-40-26-34-41(27-33(40)44(42)31-20-10-12-22-35(31)46(37)29-16-6-4-7-17-29)49-39-25-14-24-38-43(39)45(34)32-21-11-13-23-36(32)47(38)30-18-8-5-9-19-30/h4-27H,3H2,1-2H3/b37-15+. The number of ether oxygens (including phenoxy) is 2. The Labute approximate surface area is 287 Å². The lowest BCUT2D eigenvalue weighted by atomic mass is 9.31. The molecule has 6 heteroatoms. The van der Waals surface area contributed by atoms with Gasteiger partial charge in [0, 0.05) is 34.1 Å². The quantitative estimate of drug-likeness (QED) is 0.191. The van der Waals surface area contributed by atoms with E-state index in [4.69, 9.17) is 9.47 Å². The van der Waals surface area contributed by atoms with E-state index in [1.54, 1.807) is 0 Å². The minimum Gasteiger partial charge on any atom is -0.463 e. The normalized spacial score (nSPS) is 15.8. The van der Waals surface area contributed by atoms with Crippen LogP contribution >= 0.6 is 0 Å². The Morgan fingerprint density at radius 2 is 1.08 bits per heavy atom. The molecule has 0 N–H and O–H groups in total. The maximum Gasteiger partial charge on any atom is 0.256 e. The van der Waals surface area contributed by atoms with E-state index in [0.717, 1.165) is 57.4 Å². The fourth-order valence-corrected chi connectivity index (χ4v) is 8.51. The summed E-state index contributed by atoms with van der Waals surface area (Å²) in [5, 5.41) is 0. The van der Waals surface area contributed by atoms with Gasteiger partial charge in [-0.25, -0.2) is 0 Å². The molecule has 49 heavy (non-hydrogen) atoms. The Bertz CT molecular complexity index is 2370. The zero-order chi connectivity index (χ0) is 32.6. The minimum absolute atomic E-state index is 0.00607. The number of hydrogen-bond donors (Lipinski definition) is 0. The first-order chi connectivity index (χ1) is 24.2. The van der Waals surface area contributed by atoms with Crippen LogP contribution in [0.4, 0.5) is 28.4 Å². The number of hydrogen-bond acceptors (Lipinski definition) is 4. The molecule has 4 aliphatic heterocycles. The predicted molar refractivity (Wildman–Crippen MR) is 204 cm³/mol. The summed E-state index contributed by atoms with van der Waals surface area (Å²) in [5.74, 6) is 3.63. The van der Waals surface area contributed by atoms with Gasteiger partial charge in [0.15, 0.2) is 0 Å². The molecule has 10 rings (SSSR count). The van der Waals surface area contributed by atoms with Gasteiger partial charge in [0.25, 0.3) is 13.4 Å². The van der Waals surface area contributed by atoms with Crippen LogP contribution in [-0.4, -0.2) is 13.4 Å². The summed E-state index contributed by atoms with van der Waals surface area (Å²) in [4.78, 5) is 4.76. The molecular formula is C43H32B2N2O2. The number of rotatable bonds is 3. The molecule has 0 spiro atoms. The predicted octanol–water partition coefficient (Wildman–Crippen LogP) is 7.35. The van der Waals surface area contributed by atoms with Crippen LogP contribution in [0.3, 0.4) is 0 Å². The van der Waals surface area contributed by atoms with Crippen molar-refractivity contribution in [2.24, 2.45) is 0 Å². The van der Waals surface area contributed by atoms with Crippen molar-refractivity contribution in [3.05, 3.63) is 163 Å². The largest absolute Gasteiger partial charge is 0.463 e. The highest BCUT2D eigenvalue weighted by molar-refractivity contribution is 7.00. The topological polar surface area (TPSA) is 24.9 Å². The van der Waals surface area contributed by atoms with Crippen LogP contribution in [-0.2, 0) is 0 Å². The van der Waals surface area contributed by atoms with E-state index in [1.165, 1.54) is 38.9 Å². The molecule has 6 aromatic rings. The van der Waals surface area contributed by atoms with Crippen molar-refractivity contribution in [2.45, 2.75) is 20.3 Å². The number of para-hydroxylation sites is 4. The van der Waals surface area contributed by atoms with Gasteiger partial charge in [0.2, 0.25) is 0 Å². The van der Waals surface area contributed by atoms with Gasteiger partial charge in [-0.15, -0.1) is 0 Å². The highest BCUT2D eigenvalue weighted by atomic mass is 16.5. The first-order valence-corrected chi connectivity index (χ1v) is 17.2. The van der Waals surface area contributed by atoms with Crippen molar-refractivity contribution >= 4 is 69.2 Å². The molecule has 0 aliphatic carbocycles. The Morgan fingerprint density at radius 1 is 0.531 bits per heavy atom.